The number of hydrogen-bond donors (Lipinski definition) is 0. The van der Waals surface area contributed by atoms with Gasteiger partial charge >= 0.3 is 86.7 Å². The summed E-state index contributed by atoms with van der Waals surface area (Å²) < 4.78 is 34.5. The van der Waals surface area contributed by atoms with E-state index in [9.17, 15) is 0 Å². The molecule has 0 unspecified atom stereocenters. The van der Waals surface area contributed by atoms with Gasteiger partial charge in [0, 0.05) is 0 Å². The van der Waals surface area contributed by atoms with Gasteiger partial charge in [-0.25, -0.2) is 0 Å². The normalized spacial score (nSPS) is 8.29. The van der Waals surface area contributed by atoms with E-state index in [1.54, 1.807) is 0 Å². The summed E-state index contributed by atoms with van der Waals surface area (Å²) >= 11 is -6.02. The predicted octanol–water partition coefficient (Wildman–Crippen LogP) is -3.76. The number of hydrogen-bond acceptors (Lipinski definition) is 4. The molecule has 0 heterocycles. The van der Waals surface area contributed by atoms with E-state index in [4.69, 9.17) is 13.2 Å². The van der Waals surface area contributed by atoms with E-state index in [0.29, 0.717) is 0 Å². The minimum atomic E-state index is -6.02. The predicted molar refractivity (Wildman–Crippen MR) is 18.6 cm³/mol. The van der Waals surface area contributed by atoms with Crippen molar-refractivity contribution in [2.45, 2.75) is 0 Å². The second-order valence-corrected chi connectivity index (χ2v) is 2.74. The fourth-order valence-electron chi connectivity index (χ4n) is 0. The van der Waals surface area contributed by atoms with Gasteiger partial charge in [0.2, 0.25) is 0 Å². The molecule has 4 nitrogen and oxygen atoms in total. The van der Waals surface area contributed by atoms with Crippen molar-refractivity contribution in [2.75, 3.05) is 0 Å². The molecule has 0 aliphatic heterocycles. The zero-order chi connectivity index (χ0) is 4.50. The molecule has 0 rings (SSSR count). The van der Waals surface area contributed by atoms with Crippen LogP contribution in [0, 0.1) is 0 Å². The molecule has 36 valence electrons. The molecule has 0 radical (unpaired) electrons. The fourth-order valence-corrected chi connectivity index (χ4v) is 0. The summed E-state index contributed by atoms with van der Waals surface area (Å²) in [7, 11) is 0. The summed E-state index contributed by atoms with van der Waals surface area (Å²) in [6.07, 6.45) is 0. The monoisotopic (exact) mass is 604 g/mol. The Morgan fingerprint density at radius 1 is 1.00 bits per heavy atom. The van der Waals surface area contributed by atoms with E-state index in [2.05, 4.69) is 0 Å². The molecule has 0 aliphatic rings. The summed E-state index contributed by atoms with van der Waals surface area (Å²) in [6.45, 7) is 0. The van der Waals surface area contributed by atoms with Crippen LogP contribution >= 0.6 is 0 Å². The van der Waals surface area contributed by atoms with Crippen molar-refractivity contribution in [3.05, 3.63) is 0 Å². The molecule has 0 saturated carbocycles. The molecular formula is O4TeTl2. The molecular weight excluding hydrogens is 600 g/mol. The topological polar surface area (TPSA) is 80.3 Å². The van der Waals surface area contributed by atoms with Crippen LogP contribution in [0.5, 0.6) is 0 Å². The Morgan fingerprint density at radius 3 is 1.00 bits per heavy atom. The maximum atomic E-state index is 8.63. The van der Waals surface area contributed by atoms with Crippen molar-refractivity contribution in [1.29, 1.82) is 0 Å². The zero-order valence-electron chi connectivity index (χ0n) is 3.20. The number of rotatable bonds is 0. The Morgan fingerprint density at radius 2 is 1.00 bits per heavy atom. The fraction of sp³-hybridized carbons (Fsp3) is 0. The minimum Gasteiger partial charge on any atom is 1.00 e. The average molecular weight is 600 g/mol. The first-order valence-electron chi connectivity index (χ1n) is 0.667. The van der Waals surface area contributed by atoms with E-state index in [1.165, 1.54) is 0 Å². The second kappa shape index (κ2) is 6.28. The minimum absolute atomic E-state index is 0. The molecule has 7 heteroatoms. The van der Waals surface area contributed by atoms with Crippen molar-refractivity contribution in [1.82, 2.24) is 0 Å². The van der Waals surface area contributed by atoms with Crippen LogP contribution in [0.4, 0.5) is 0 Å². The Kier molecular flexibility index (Phi) is 14.4. The van der Waals surface area contributed by atoms with E-state index < -0.39 is 19.0 Å². The van der Waals surface area contributed by atoms with Gasteiger partial charge in [-0.1, -0.05) is 0 Å². The molecule has 0 saturated heterocycles. The van der Waals surface area contributed by atoms with E-state index >= 15 is 0 Å². The Bertz CT molecular complexity index is 92.9. The van der Waals surface area contributed by atoms with Crippen LogP contribution in [-0.2, 0) is 6.21 Å². The summed E-state index contributed by atoms with van der Waals surface area (Å²) in [5.41, 5.74) is 0. The maximum absolute atomic E-state index is 8.63. The first-order valence-corrected chi connectivity index (χ1v) is 4.47. The molecule has 0 aromatic heterocycles. The molecule has 0 bridgehead atoms. The summed E-state index contributed by atoms with van der Waals surface area (Å²) in [5.74, 6) is 0. The third kappa shape index (κ3) is 66.6. The van der Waals surface area contributed by atoms with Gasteiger partial charge in [-0.15, -0.1) is 0 Å². The maximum Gasteiger partial charge on any atom is 1.00 e. The van der Waals surface area contributed by atoms with Crippen LogP contribution in [-0.4, -0.2) is 73.6 Å². The molecule has 0 fully saturated rings. The van der Waals surface area contributed by atoms with Gasteiger partial charge in [0.15, 0.2) is 0 Å². The van der Waals surface area contributed by atoms with Crippen molar-refractivity contribution < 1.29 is 13.2 Å². The van der Waals surface area contributed by atoms with Crippen LogP contribution in [0.2, 0.25) is 0 Å². The van der Waals surface area contributed by atoms with Gasteiger partial charge in [0.25, 0.3) is 0 Å². The summed E-state index contributed by atoms with van der Waals surface area (Å²) in [6, 6.07) is 0. The standard InChI is InChI=1S/H2O4Te.2Tl/c1-5(2,3)4;;/h(H2,1,2,3,4);;/q;2*+1/p-2. The van der Waals surface area contributed by atoms with E-state index in [1.807, 2.05) is 0 Å². The van der Waals surface area contributed by atoms with E-state index in [-0.39, 0.29) is 54.6 Å². The zero-order valence-corrected chi connectivity index (χ0v) is 14.5. The molecule has 0 spiro atoms. The smallest absolute Gasteiger partial charge is 1.00 e. The molecule has 0 aliphatic carbocycles. The van der Waals surface area contributed by atoms with Crippen LogP contribution in [0.1, 0.15) is 0 Å². The average Bonchev–Trinajstić information content (AvgIpc) is 0.722. The third-order valence-electron chi connectivity index (χ3n) is 0. The van der Waals surface area contributed by atoms with Gasteiger partial charge in [0.1, 0.15) is 0 Å². The first kappa shape index (κ1) is 16.1. The molecule has 0 aromatic rings. The molecule has 0 N–H and O–H groups in total. The van der Waals surface area contributed by atoms with Crippen molar-refractivity contribution in [3.63, 3.8) is 0 Å². The largest absolute Gasteiger partial charge is 1.00 e. The van der Waals surface area contributed by atoms with Crippen LogP contribution in [0.25, 0.3) is 0 Å². The van der Waals surface area contributed by atoms with Crippen molar-refractivity contribution in [2.24, 2.45) is 0 Å². The SMILES string of the molecule is O=[Te](=O)([O-])[O-].[Tl+].[Tl+]. The van der Waals surface area contributed by atoms with Gasteiger partial charge in [-0.2, -0.15) is 0 Å². The van der Waals surface area contributed by atoms with Crippen molar-refractivity contribution in [3.8, 4) is 0 Å². The summed E-state index contributed by atoms with van der Waals surface area (Å²) in [5, 5.41) is 0. The second-order valence-electron chi connectivity index (χ2n) is 0.408. The molecule has 0 atom stereocenters. The van der Waals surface area contributed by atoms with Crippen LogP contribution < -0.4 is 6.94 Å². The van der Waals surface area contributed by atoms with Gasteiger partial charge in [-0.3, -0.25) is 0 Å². The molecule has 0 amide bonds. The quantitative estimate of drug-likeness (QED) is 0.268. The van der Waals surface area contributed by atoms with Gasteiger partial charge < -0.3 is 0 Å². The van der Waals surface area contributed by atoms with Crippen molar-refractivity contribution >= 4 is 73.6 Å². The Labute approximate surface area is 85.3 Å². The van der Waals surface area contributed by atoms with Crippen LogP contribution in [0.15, 0.2) is 0 Å². The Hall–Kier alpha value is 2.15. The van der Waals surface area contributed by atoms with E-state index in [0.717, 1.165) is 0 Å². The molecule has 0 aromatic carbocycles. The van der Waals surface area contributed by atoms with Gasteiger partial charge in [0.05, 0.1) is 0 Å². The van der Waals surface area contributed by atoms with Gasteiger partial charge in [-0.05, 0) is 0 Å². The third-order valence-corrected chi connectivity index (χ3v) is 0. The first-order chi connectivity index (χ1) is 2.00. The van der Waals surface area contributed by atoms with Crippen LogP contribution in [0.3, 0.4) is 0 Å². The summed E-state index contributed by atoms with van der Waals surface area (Å²) in [4.78, 5) is 0. The molecule has 7 heavy (non-hydrogen) atoms. The Balaban J connectivity index is -0.0000000800.